The summed E-state index contributed by atoms with van der Waals surface area (Å²) in [6, 6.07) is 7.11. The fourth-order valence-electron chi connectivity index (χ4n) is 1.56. The molecule has 18 heavy (non-hydrogen) atoms. The van der Waals surface area contributed by atoms with Crippen molar-refractivity contribution in [3.63, 3.8) is 0 Å². The highest BCUT2D eigenvalue weighted by molar-refractivity contribution is 8.04. The summed E-state index contributed by atoms with van der Waals surface area (Å²) < 4.78 is 0. The van der Waals surface area contributed by atoms with Crippen LogP contribution in [0.15, 0.2) is 23.2 Å². The average Bonchev–Trinajstić information content (AvgIpc) is 2.67. The first-order chi connectivity index (χ1) is 8.54. The van der Waals surface area contributed by atoms with Crippen molar-refractivity contribution in [2.24, 2.45) is 0 Å². The van der Waals surface area contributed by atoms with E-state index in [9.17, 15) is 10.1 Å². The van der Waals surface area contributed by atoms with Crippen LogP contribution in [-0.2, 0) is 4.79 Å². The SMILES string of the molecule is CN1C(=O)CS/C1=C(/C#N)c1ccc(Cl)c(Cl)c1. The van der Waals surface area contributed by atoms with Crippen LogP contribution in [0.5, 0.6) is 0 Å². The lowest BCUT2D eigenvalue weighted by atomic mass is 10.1. The van der Waals surface area contributed by atoms with Gasteiger partial charge in [0.1, 0.15) is 6.07 Å². The summed E-state index contributed by atoms with van der Waals surface area (Å²) in [6.07, 6.45) is 0. The molecule has 0 aliphatic carbocycles. The Labute approximate surface area is 119 Å². The summed E-state index contributed by atoms with van der Waals surface area (Å²) in [5, 5.41) is 10.7. The second kappa shape index (κ2) is 5.23. The maximum absolute atomic E-state index is 11.5. The Morgan fingerprint density at radius 2 is 2.17 bits per heavy atom. The van der Waals surface area contributed by atoms with E-state index < -0.39 is 0 Å². The lowest BCUT2D eigenvalue weighted by Gasteiger charge is -2.12. The molecule has 0 N–H and O–H groups in total. The first kappa shape index (κ1) is 13.3. The number of rotatable bonds is 1. The lowest BCUT2D eigenvalue weighted by molar-refractivity contribution is -0.124. The van der Waals surface area contributed by atoms with Crippen molar-refractivity contribution >= 4 is 46.4 Å². The Morgan fingerprint density at radius 1 is 1.44 bits per heavy atom. The molecule has 0 spiro atoms. The molecular weight excluding hydrogens is 291 g/mol. The number of nitrogens with zero attached hydrogens (tertiary/aromatic N) is 2. The van der Waals surface area contributed by atoms with Gasteiger partial charge in [-0.2, -0.15) is 5.26 Å². The van der Waals surface area contributed by atoms with Crippen molar-refractivity contribution < 1.29 is 4.79 Å². The first-order valence-electron chi connectivity index (χ1n) is 5.03. The van der Waals surface area contributed by atoms with E-state index in [1.54, 1.807) is 25.2 Å². The zero-order chi connectivity index (χ0) is 13.3. The van der Waals surface area contributed by atoms with Gasteiger partial charge in [0.15, 0.2) is 0 Å². The molecule has 0 radical (unpaired) electrons. The van der Waals surface area contributed by atoms with Crippen molar-refractivity contribution in [1.82, 2.24) is 4.90 Å². The zero-order valence-electron chi connectivity index (χ0n) is 9.41. The molecule has 0 saturated carbocycles. The number of benzene rings is 1. The molecule has 1 aromatic rings. The molecule has 1 fully saturated rings. The maximum Gasteiger partial charge on any atom is 0.237 e. The number of hydrogen-bond donors (Lipinski definition) is 0. The van der Waals surface area contributed by atoms with E-state index in [1.165, 1.54) is 16.7 Å². The highest BCUT2D eigenvalue weighted by atomic mass is 35.5. The van der Waals surface area contributed by atoms with Crippen LogP contribution in [0.4, 0.5) is 0 Å². The smallest absolute Gasteiger partial charge is 0.237 e. The highest BCUT2D eigenvalue weighted by Crippen LogP contribution is 2.35. The van der Waals surface area contributed by atoms with E-state index in [1.807, 2.05) is 0 Å². The molecule has 92 valence electrons. The molecule has 1 saturated heterocycles. The van der Waals surface area contributed by atoms with E-state index in [2.05, 4.69) is 6.07 Å². The average molecular weight is 299 g/mol. The van der Waals surface area contributed by atoms with Crippen LogP contribution >= 0.6 is 35.0 Å². The molecule has 6 heteroatoms. The minimum atomic E-state index is -0.0113. The maximum atomic E-state index is 11.5. The van der Waals surface area contributed by atoms with E-state index in [-0.39, 0.29) is 5.91 Å². The largest absolute Gasteiger partial charge is 0.308 e. The van der Waals surface area contributed by atoms with Crippen molar-refractivity contribution in [1.29, 1.82) is 5.26 Å². The Hall–Kier alpha value is -1.15. The summed E-state index contributed by atoms with van der Waals surface area (Å²) in [6.45, 7) is 0. The molecule has 0 atom stereocenters. The normalized spacial score (nSPS) is 17.9. The molecule has 1 heterocycles. The van der Waals surface area contributed by atoms with Gasteiger partial charge in [-0.1, -0.05) is 41.0 Å². The monoisotopic (exact) mass is 298 g/mol. The minimum Gasteiger partial charge on any atom is -0.308 e. The second-order valence-corrected chi connectivity index (χ2v) is 5.44. The van der Waals surface area contributed by atoms with Gasteiger partial charge in [-0.05, 0) is 17.7 Å². The van der Waals surface area contributed by atoms with E-state index in [0.29, 0.717) is 32.0 Å². The summed E-state index contributed by atoms with van der Waals surface area (Å²) in [5.74, 6) is 0.348. The molecule has 1 aromatic carbocycles. The molecule has 1 aliphatic rings. The van der Waals surface area contributed by atoms with Gasteiger partial charge in [0.25, 0.3) is 0 Å². The fraction of sp³-hybridized carbons (Fsp3) is 0.167. The Morgan fingerprint density at radius 3 is 2.67 bits per heavy atom. The molecule has 1 aliphatic heterocycles. The molecule has 0 bridgehead atoms. The van der Waals surface area contributed by atoms with Crippen LogP contribution < -0.4 is 0 Å². The summed E-state index contributed by atoms with van der Waals surface area (Å²) in [5.41, 5.74) is 1.10. The van der Waals surface area contributed by atoms with Gasteiger partial charge in [-0.15, -0.1) is 0 Å². The molecule has 3 nitrogen and oxygen atoms in total. The van der Waals surface area contributed by atoms with Gasteiger partial charge in [-0.3, -0.25) is 4.79 Å². The number of halogens is 2. The summed E-state index contributed by atoms with van der Waals surface area (Å²) in [7, 11) is 1.66. The molecule has 0 unspecified atom stereocenters. The van der Waals surface area contributed by atoms with E-state index in [4.69, 9.17) is 23.2 Å². The predicted octanol–water partition coefficient (Wildman–Crippen LogP) is 3.39. The number of thioether (sulfide) groups is 1. The van der Waals surface area contributed by atoms with Crippen LogP contribution in [0.3, 0.4) is 0 Å². The van der Waals surface area contributed by atoms with Crippen LogP contribution in [0.2, 0.25) is 10.0 Å². The third-order valence-corrected chi connectivity index (χ3v) is 4.43. The van der Waals surface area contributed by atoms with E-state index in [0.717, 1.165) is 0 Å². The van der Waals surface area contributed by atoms with Crippen LogP contribution in [0, 0.1) is 11.3 Å². The van der Waals surface area contributed by atoms with Crippen LogP contribution in [-0.4, -0.2) is 23.6 Å². The van der Waals surface area contributed by atoms with Crippen molar-refractivity contribution in [3.8, 4) is 6.07 Å². The standard InChI is InChI=1S/C12H8Cl2N2OS/c1-16-11(17)6-18-12(16)8(5-15)7-2-3-9(13)10(14)4-7/h2-4H,6H2,1H3/b12-8-. The summed E-state index contributed by atoms with van der Waals surface area (Å²) in [4.78, 5) is 13.0. The van der Waals surface area contributed by atoms with Crippen molar-refractivity contribution in [3.05, 3.63) is 38.8 Å². The van der Waals surface area contributed by atoms with Gasteiger partial charge in [0, 0.05) is 7.05 Å². The van der Waals surface area contributed by atoms with Gasteiger partial charge in [0.2, 0.25) is 5.91 Å². The zero-order valence-corrected chi connectivity index (χ0v) is 11.7. The van der Waals surface area contributed by atoms with Crippen LogP contribution in [0.1, 0.15) is 5.56 Å². The topological polar surface area (TPSA) is 44.1 Å². The Kier molecular flexibility index (Phi) is 3.86. The van der Waals surface area contributed by atoms with Gasteiger partial charge >= 0.3 is 0 Å². The first-order valence-corrected chi connectivity index (χ1v) is 6.78. The molecular formula is C12H8Cl2N2OS. The van der Waals surface area contributed by atoms with E-state index >= 15 is 0 Å². The molecule has 2 rings (SSSR count). The number of carbonyl (C=O) groups excluding carboxylic acids is 1. The third-order valence-electron chi connectivity index (χ3n) is 2.55. The van der Waals surface area contributed by atoms with Gasteiger partial charge in [0.05, 0.1) is 26.4 Å². The van der Waals surface area contributed by atoms with Crippen molar-refractivity contribution in [2.75, 3.05) is 12.8 Å². The third kappa shape index (κ3) is 2.35. The van der Waals surface area contributed by atoms with Crippen LogP contribution in [0.25, 0.3) is 5.57 Å². The Balaban J connectivity index is 2.53. The molecule has 1 amide bonds. The summed E-state index contributed by atoms with van der Waals surface area (Å²) >= 11 is 13.1. The number of allylic oxidation sites excluding steroid dienone is 1. The van der Waals surface area contributed by atoms with Gasteiger partial charge in [-0.25, -0.2) is 0 Å². The fourth-order valence-corrected chi connectivity index (χ4v) is 2.92. The molecule has 0 aromatic heterocycles. The minimum absolute atomic E-state index is 0.0113. The number of carbonyl (C=O) groups is 1. The van der Waals surface area contributed by atoms with Crippen molar-refractivity contribution in [2.45, 2.75) is 0 Å². The Bertz CT molecular complexity index is 592. The number of nitriles is 1. The lowest BCUT2D eigenvalue weighted by Crippen LogP contribution is -2.19. The number of amides is 1. The second-order valence-electron chi connectivity index (χ2n) is 3.66. The number of hydrogen-bond acceptors (Lipinski definition) is 3. The quantitative estimate of drug-likeness (QED) is 0.747. The highest BCUT2D eigenvalue weighted by Gasteiger charge is 2.26. The predicted molar refractivity (Wildman–Crippen MR) is 74.2 cm³/mol. The van der Waals surface area contributed by atoms with Gasteiger partial charge < -0.3 is 4.90 Å².